The Morgan fingerprint density at radius 1 is 1.47 bits per heavy atom. The first-order valence-electron chi connectivity index (χ1n) is 4.80. The van der Waals surface area contributed by atoms with E-state index in [1.165, 1.54) is 0 Å². The van der Waals surface area contributed by atoms with E-state index in [1.54, 1.807) is 25.1 Å². The quantitative estimate of drug-likeness (QED) is 0.582. The molecule has 0 spiro atoms. The maximum absolute atomic E-state index is 11.7. The van der Waals surface area contributed by atoms with Crippen LogP contribution in [0.5, 0.6) is 0 Å². The minimum absolute atomic E-state index is 0.218. The Hall–Kier alpha value is -1.84. The Bertz CT molecular complexity index is 414. The maximum atomic E-state index is 11.7. The van der Waals surface area contributed by atoms with E-state index in [0.717, 1.165) is 0 Å². The van der Waals surface area contributed by atoms with Crippen LogP contribution in [0, 0.1) is 0 Å². The molecule has 1 aliphatic rings. The molecule has 1 unspecified atom stereocenters. The Balaban J connectivity index is 2.24. The molecule has 1 N–H and O–H groups in total. The van der Waals surface area contributed by atoms with Gasteiger partial charge >= 0.3 is 5.97 Å². The summed E-state index contributed by atoms with van der Waals surface area (Å²) in [6.07, 6.45) is 0. The molecule has 2 rings (SSSR count). The number of fused-ring (bicyclic) bond motifs is 1. The summed E-state index contributed by atoms with van der Waals surface area (Å²) in [4.78, 5) is 23.2. The number of hydrogen-bond donors (Lipinski definition) is 1. The van der Waals surface area contributed by atoms with Gasteiger partial charge in [-0.3, -0.25) is 4.79 Å². The predicted molar refractivity (Wildman–Crippen MR) is 54.8 cm³/mol. The number of ether oxygens (including phenoxy) is 1. The summed E-state index contributed by atoms with van der Waals surface area (Å²) in [6, 6.07) is 6.18. The maximum Gasteiger partial charge on any atom is 0.336 e. The molecule has 0 amide bonds. The van der Waals surface area contributed by atoms with Gasteiger partial charge in [0.1, 0.15) is 0 Å². The van der Waals surface area contributed by atoms with Crippen LogP contribution in [0.2, 0.25) is 0 Å². The Morgan fingerprint density at radius 3 is 2.87 bits per heavy atom. The van der Waals surface area contributed by atoms with Gasteiger partial charge in [-0.1, -0.05) is 12.1 Å². The fourth-order valence-electron chi connectivity index (χ4n) is 1.59. The molecule has 78 valence electrons. The number of Topliss-reactive ketones (excluding diaryl/α,β-unsaturated/α-hetero) is 1. The summed E-state index contributed by atoms with van der Waals surface area (Å²) in [6.45, 7) is 1.99. The first kappa shape index (κ1) is 9.71. The highest BCUT2D eigenvalue weighted by atomic mass is 16.5. The van der Waals surface area contributed by atoms with E-state index in [4.69, 9.17) is 4.74 Å². The molecule has 0 aliphatic carbocycles. The van der Waals surface area contributed by atoms with Crippen molar-refractivity contribution >= 4 is 17.4 Å². The zero-order valence-electron chi connectivity index (χ0n) is 8.32. The molecule has 1 aromatic rings. The first-order valence-corrected chi connectivity index (χ1v) is 4.80. The van der Waals surface area contributed by atoms with Gasteiger partial charge < -0.3 is 10.1 Å². The van der Waals surface area contributed by atoms with E-state index in [9.17, 15) is 9.59 Å². The largest absolute Gasteiger partial charge is 0.464 e. The summed E-state index contributed by atoms with van der Waals surface area (Å²) < 4.78 is 4.81. The monoisotopic (exact) mass is 205 g/mol. The third-order valence-electron chi connectivity index (χ3n) is 2.28. The first-order chi connectivity index (χ1) is 7.24. The van der Waals surface area contributed by atoms with E-state index in [-0.39, 0.29) is 12.4 Å². The highest BCUT2D eigenvalue weighted by Gasteiger charge is 2.35. The zero-order chi connectivity index (χ0) is 10.8. The molecule has 1 aromatic carbocycles. The van der Waals surface area contributed by atoms with Gasteiger partial charge in [0.15, 0.2) is 11.8 Å². The minimum atomic E-state index is -0.873. The average Bonchev–Trinajstić information content (AvgIpc) is 2.57. The number of hydrogen-bond acceptors (Lipinski definition) is 4. The zero-order valence-corrected chi connectivity index (χ0v) is 8.32. The summed E-state index contributed by atoms with van der Waals surface area (Å²) >= 11 is 0. The molecule has 0 saturated heterocycles. The number of anilines is 1. The lowest BCUT2D eigenvalue weighted by atomic mass is 10.1. The topological polar surface area (TPSA) is 55.4 Å². The molecular weight excluding hydrogens is 194 g/mol. The summed E-state index contributed by atoms with van der Waals surface area (Å²) in [5, 5.41) is 2.84. The molecule has 0 aromatic heterocycles. The lowest BCUT2D eigenvalue weighted by molar-refractivity contribution is -0.142. The Kier molecular flexibility index (Phi) is 2.41. The van der Waals surface area contributed by atoms with Crippen molar-refractivity contribution in [3.8, 4) is 0 Å². The molecule has 0 bridgehead atoms. The van der Waals surface area contributed by atoms with Crippen molar-refractivity contribution in [2.45, 2.75) is 13.0 Å². The summed E-state index contributed by atoms with van der Waals surface area (Å²) in [5.74, 6) is -0.734. The number of para-hydroxylation sites is 1. The van der Waals surface area contributed by atoms with Crippen molar-refractivity contribution < 1.29 is 14.3 Å². The van der Waals surface area contributed by atoms with Gasteiger partial charge in [-0.15, -0.1) is 0 Å². The van der Waals surface area contributed by atoms with Gasteiger partial charge in [-0.25, -0.2) is 4.79 Å². The van der Waals surface area contributed by atoms with Crippen LogP contribution in [0.1, 0.15) is 17.3 Å². The second kappa shape index (κ2) is 3.73. The number of nitrogens with one attached hydrogen (secondary N) is 1. The third kappa shape index (κ3) is 1.58. The number of carbonyl (C=O) groups excluding carboxylic acids is 2. The molecule has 1 aliphatic heterocycles. The number of benzene rings is 1. The molecule has 0 fully saturated rings. The highest BCUT2D eigenvalue weighted by Crippen LogP contribution is 2.25. The van der Waals surface area contributed by atoms with Gasteiger partial charge in [0.25, 0.3) is 0 Å². The van der Waals surface area contributed by atoms with Gasteiger partial charge in [0.2, 0.25) is 0 Å². The number of ketones is 1. The van der Waals surface area contributed by atoms with Crippen LogP contribution in [0.3, 0.4) is 0 Å². The fraction of sp³-hybridized carbons (Fsp3) is 0.273. The van der Waals surface area contributed by atoms with Crippen LogP contribution in [0.25, 0.3) is 0 Å². The lowest BCUT2D eigenvalue weighted by Crippen LogP contribution is -2.33. The van der Waals surface area contributed by atoms with Crippen molar-refractivity contribution in [3.05, 3.63) is 29.8 Å². The third-order valence-corrected chi connectivity index (χ3v) is 2.28. The van der Waals surface area contributed by atoms with E-state index >= 15 is 0 Å². The van der Waals surface area contributed by atoms with Crippen molar-refractivity contribution in [2.75, 3.05) is 11.9 Å². The number of carbonyl (C=O) groups is 2. The number of rotatable bonds is 2. The summed E-state index contributed by atoms with van der Waals surface area (Å²) in [5.41, 5.74) is 1.25. The molecule has 0 saturated carbocycles. The van der Waals surface area contributed by atoms with Gasteiger partial charge in [0.05, 0.1) is 6.61 Å². The standard InChI is InChI=1S/C11H11NO3/c1-2-15-11(14)9-10(13)7-5-3-4-6-8(7)12-9/h3-6,9,12H,2H2,1H3. The highest BCUT2D eigenvalue weighted by molar-refractivity contribution is 6.20. The molecule has 4 heteroatoms. The second-order valence-corrected chi connectivity index (χ2v) is 3.24. The molecule has 1 atom stereocenters. The van der Waals surface area contributed by atoms with Crippen molar-refractivity contribution in [1.29, 1.82) is 0 Å². The number of esters is 1. The normalized spacial score (nSPS) is 18.2. The lowest BCUT2D eigenvalue weighted by Gasteiger charge is -2.07. The predicted octanol–water partition coefficient (Wildman–Crippen LogP) is 1.23. The SMILES string of the molecule is CCOC(=O)C1Nc2ccccc2C1=O. The van der Waals surface area contributed by atoms with Crippen LogP contribution < -0.4 is 5.32 Å². The van der Waals surface area contributed by atoms with Crippen LogP contribution in [0.15, 0.2) is 24.3 Å². The Labute approximate surface area is 87.2 Å². The summed E-state index contributed by atoms with van der Waals surface area (Å²) in [7, 11) is 0. The smallest absolute Gasteiger partial charge is 0.336 e. The van der Waals surface area contributed by atoms with Gasteiger partial charge in [-0.2, -0.15) is 0 Å². The fourth-order valence-corrected chi connectivity index (χ4v) is 1.59. The van der Waals surface area contributed by atoms with E-state index in [0.29, 0.717) is 11.3 Å². The molecule has 1 heterocycles. The van der Waals surface area contributed by atoms with Crippen molar-refractivity contribution in [3.63, 3.8) is 0 Å². The van der Waals surface area contributed by atoms with Gasteiger partial charge in [0, 0.05) is 11.3 Å². The second-order valence-electron chi connectivity index (χ2n) is 3.24. The van der Waals surface area contributed by atoms with E-state index < -0.39 is 12.0 Å². The molecule has 0 radical (unpaired) electrons. The average molecular weight is 205 g/mol. The molecular formula is C11H11NO3. The Morgan fingerprint density at radius 2 is 2.20 bits per heavy atom. The van der Waals surface area contributed by atoms with E-state index in [2.05, 4.69) is 5.32 Å². The molecule has 15 heavy (non-hydrogen) atoms. The van der Waals surface area contributed by atoms with Crippen LogP contribution >= 0.6 is 0 Å². The van der Waals surface area contributed by atoms with Crippen LogP contribution in [-0.4, -0.2) is 24.4 Å². The van der Waals surface area contributed by atoms with E-state index in [1.807, 2.05) is 6.07 Å². The minimum Gasteiger partial charge on any atom is -0.464 e. The van der Waals surface area contributed by atoms with Crippen LogP contribution in [-0.2, 0) is 9.53 Å². The van der Waals surface area contributed by atoms with Crippen molar-refractivity contribution in [2.24, 2.45) is 0 Å². The van der Waals surface area contributed by atoms with Crippen LogP contribution in [0.4, 0.5) is 5.69 Å². The van der Waals surface area contributed by atoms with Crippen molar-refractivity contribution in [1.82, 2.24) is 0 Å². The van der Waals surface area contributed by atoms with Gasteiger partial charge in [-0.05, 0) is 19.1 Å². The molecule has 4 nitrogen and oxygen atoms in total.